The number of sulfonamides is 2. The molecule has 2 aromatic carbocycles. The van der Waals surface area contributed by atoms with Crippen LogP contribution < -0.4 is 0 Å². The molecule has 0 atom stereocenters. The van der Waals surface area contributed by atoms with Gasteiger partial charge in [0.2, 0.25) is 0 Å². The van der Waals surface area contributed by atoms with E-state index in [2.05, 4.69) is 6.92 Å². The van der Waals surface area contributed by atoms with Crippen LogP contribution in [0.3, 0.4) is 0 Å². The van der Waals surface area contributed by atoms with Crippen LogP contribution in [0.4, 0.5) is 0 Å². The summed E-state index contributed by atoms with van der Waals surface area (Å²) < 4.78 is 56.5. The minimum Gasteiger partial charge on any atom is -0.271 e. The van der Waals surface area contributed by atoms with Gasteiger partial charge >= 0.3 is 0 Å². The summed E-state index contributed by atoms with van der Waals surface area (Å²) in [5.41, 5.74) is 2.49. The second kappa shape index (κ2) is 10.7. The lowest BCUT2D eigenvalue weighted by molar-refractivity contribution is 0.452. The lowest BCUT2D eigenvalue weighted by atomic mass is 10.1. The van der Waals surface area contributed by atoms with Crippen LogP contribution in [0.5, 0.6) is 0 Å². The third-order valence-electron chi connectivity index (χ3n) is 5.88. The SMILES string of the molecule is CCCCCCC1=CN(S(=O)(=O)c2ccc(C)cc2)CCCN1S(=O)(=O)c1ccc(C)cc1. The van der Waals surface area contributed by atoms with Gasteiger partial charge < -0.3 is 0 Å². The van der Waals surface area contributed by atoms with E-state index in [1.54, 1.807) is 54.7 Å². The average molecular weight is 491 g/mol. The van der Waals surface area contributed by atoms with Crippen LogP contribution in [0.1, 0.15) is 56.6 Å². The highest BCUT2D eigenvalue weighted by atomic mass is 32.2. The van der Waals surface area contributed by atoms with E-state index in [0.717, 1.165) is 36.8 Å². The molecular formula is C25H34N2O4S2. The Bertz CT molecular complexity index is 1170. The van der Waals surface area contributed by atoms with E-state index in [4.69, 9.17) is 0 Å². The number of nitrogens with zero attached hydrogens (tertiary/aromatic N) is 2. The Labute approximate surface area is 199 Å². The van der Waals surface area contributed by atoms with Crippen molar-refractivity contribution in [1.29, 1.82) is 0 Å². The van der Waals surface area contributed by atoms with E-state index in [1.807, 2.05) is 13.8 Å². The Balaban J connectivity index is 2.00. The number of hydrogen-bond acceptors (Lipinski definition) is 4. The van der Waals surface area contributed by atoms with Crippen LogP contribution in [-0.4, -0.2) is 38.5 Å². The summed E-state index contributed by atoms with van der Waals surface area (Å²) in [6.45, 7) is 6.42. The summed E-state index contributed by atoms with van der Waals surface area (Å²) in [6, 6.07) is 13.5. The second-order valence-electron chi connectivity index (χ2n) is 8.60. The first-order valence-corrected chi connectivity index (χ1v) is 14.4. The van der Waals surface area contributed by atoms with Crippen LogP contribution in [0.25, 0.3) is 0 Å². The standard InChI is InChI=1S/C25H34N2O4S2/c1-4-5-6-7-9-23-20-26(32(28,29)24-14-10-21(2)11-15-24)18-8-19-27(23)33(30,31)25-16-12-22(3)13-17-25/h10-17,20H,4-9,18-19H2,1-3H3. The highest BCUT2D eigenvalue weighted by Crippen LogP contribution is 2.29. The lowest BCUT2D eigenvalue weighted by Gasteiger charge is -2.26. The quantitative estimate of drug-likeness (QED) is 0.453. The number of allylic oxidation sites excluding steroid dienone is 1. The smallest absolute Gasteiger partial charge is 0.264 e. The van der Waals surface area contributed by atoms with Gasteiger partial charge in [0.1, 0.15) is 0 Å². The fourth-order valence-corrected chi connectivity index (χ4v) is 6.81. The highest BCUT2D eigenvalue weighted by Gasteiger charge is 2.31. The Morgan fingerprint density at radius 3 is 1.82 bits per heavy atom. The Hall–Kier alpha value is -2.32. The van der Waals surface area contributed by atoms with Crippen molar-refractivity contribution in [2.45, 2.75) is 69.1 Å². The molecular weight excluding hydrogens is 456 g/mol. The fourth-order valence-electron chi connectivity index (χ4n) is 3.88. The molecule has 0 saturated carbocycles. The predicted molar refractivity (Wildman–Crippen MR) is 132 cm³/mol. The Morgan fingerprint density at radius 1 is 0.727 bits per heavy atom. The molecule has 0 N–H and O–H groups in total. The zero-order valence-corrected chi connectivity index (χ0v) is 21.3. The average Bonchev–Trinajstić information content (AvgIpc) is 3.01. The number of hydrogen-bond donors (Lipinski definition) is 0. The Kier molecular flexibility index (Phi) is 8.23. The maximum Gasteiger partial charge on any atom is 0.264 e. The molecule has 180 valence electrons. The predicted octanol–water partition coefficient (Wildman–Crippen LogP) is 5.20. The van der Waals surface area contributed by atoms with Crippen molar-refractivity contribution in [3.8, 4) is 0 Å². The molecule has 0 saturated heterocycles. The minimum absolute atomic E-state index is 0.213. The van der Waals surface area contributed by atoms with Crippen molar-refractivity contribution in [3.05, 3.63) is 71.6 Å². The van der Waals surface area contributed by atoms with Crippen molar-refractivity contribution >= 4 is 20.0 Å². The summed E-state index contributed by atoms with van der Waals surface area (Å²) in [5, 5.41) is 0. The molecule has 8 heteroatoms. The van der Waals surface area contributed by atoms with Gasteiger partial charge in [-0.25, -0.2) is 16.8 Å². The van der Waals surface area contributed by atoms with Gasteiger partial charge in [-0.1, -0.05) is 61.6 Å². The Morgan fingerprint density at radius 2 is 1.27 bits per heavy atom. The van der Waals surface area contributed by atoms with Crippen molar-refractivity contribution in [1.82, 2.24) is 8.61 Å². The molecule has 0 unspecified atom stereocenters. The molecule has 0 amide bonds. The summed E-state index contributed by atoms with van der Waals surface area (Å²) in [5.74, 6) is 0. The molecule has 0 aromatic heterocycles. The van der Waals surface area contributed by atoms with Gasteiger partial charge in [-0.05, 0) is 57.4 Å². The number of unbranched alkanes of at least 4 members (excludes halogenated alkanes) is 3. The summed E-state index contributed by atoms with van der Waals surface area (Å²) >= 11 is 0. The first-order valence-electron chi connectivity index (χ1n) is 11.5. The number of rotatable bonds is 9. The van der Waals surface area contributed by atoms with Gasteiger partial charge in [-0.3, -0.25) is 8.61 Å². The van der Waals surface area contributed by atoms with Crippen LogP contribution in [0, 0.1) is 13.8 Å². The monoisotopic (exact) mass is 490 g/mol. The van der Waals surface area contributed by atoms with Gasteiger partial charge in [0.25, 0.3) is 20.0 Å². The van der Waals surface area contributed by atoms with Gasteiger partial charge in [0, 0.05) is 25.0 Å². The van der Waals surface area contributed by atoms with Crippen molar-refractivity contribution < 1.29 is 16.8 Å². The molecule has 3 rings (SSSR count). The molecule has 0 aliphatic carbocycles. The van der Waals surface area contributed by atoms with Crippen LogP contribution in [0.15, 0.2) is 70.2 Å². The highest BCUT2D eigenvalue weighted by molar-refractivity contribution is 7.89. The van der Waals surface area contributed by atoms with E-state index < -0.39 is 20.0 Å². The third-order valence-corrected chi connectivity index (χ3v) is 9.51. The molecule has 33 heavy (non-hydrogen) atoms. The first-order chi connectivity index (χ1) is 15.7. The van der Waals surface area contributed by atoms with Crippen molar-refractivity contribution in [2.75, 3.05) is 13.1 Å². The zero-order valence-electron chi connectivity index (χ0n) is 19.7. The molecule has 1 aliphatic rings. The largest absolute Gasteiger partial charge is 0.271 e. The third kappa shape index (κ3) is 5.98. The van der Waals surface area contributed by atoms with Gasteiger partial charge in [0.05, 0.1) is 9.79 Å². The van der Waals surface area contributed by atoms with E-state index in [0.29, 0.717) is 18.5 Å². The van der Waals surface area contributed by atoms with Gasteiger partial charge in [-0.2, -0.15) is 0 Å². The van der Waals surface area contributed by atoms with E-state index in [9.17, 15) is 16.8 Å². The number of benzene rings is 2. The molecule has 0 fully saturated rings. The molecule has 6 nitrogen and oxygen atoms in total. The maximum atomic E-state index is 13.5. The first kappa shape index (κ1) is 25.3. The lowest BCUT2D eigenvalue weighted by Crippen LogP contribution is -2.31. The van der Waals surface area contributed by atoms with E-state index in [1.165, 1.54) is 8.61 Å². The van der Waals surface area contributed by atoms with Crippen molar-refractivity contribution in [3.63, 3.8) is 0 Å². The molecule has 1 heterocycles. The molecule has 0 bridgehead atoms. The minimum atomic E-state index is -3.79. The second-order valence-corrected chi connectivity index (χ2v) is 12.4. The van der Waals surface area contributed by atoms with Crippen LogP contribution >= 0.6 is 0 Å². The summed E-state index contributed by atoms with van der Waals surface area (Å²) in [4.78, 5) is 0.437. The summed E-state index contributed by atoms with van der Waals surface area (Å²) in [7, 11) is -7.56. The van der Waals surface area contributed by atoms with Gasteiger partial charge in [-0.15, -0.1) is 0 Å². The van der Waals surface area contributed by atoms with Crippen LogP contribution in [-0.2, 0) is 20.0 Å². The zero-order chi connectivity index (χ0) is 24.1. The van der Waals surface area contributed by atoms with E-state index >= 15 is 0 Å². The summed E-state index contributed by atoms with van der Waals surface area (Å²) in [6.07, 6.45) is 6.35. The van der Waals surface area contributed by atoms with Crippen molar-refractivity contribution in [2.24, 2.45) is 0 Å². The molecule has 2 aromatic rings. The normalized spacial score (nSPS) is 15.3. The van der Waals surface area contributed by atoms with Gasteiger partial charge in [0.15, 0.2) is 0 Å². The van der Waals surface area contributed by atoms with Crippen LogP contribution in [0.2, 0.25) is 0 Å². The molecule has 0 spiro atoms. The fraction of sp³-hybridized carbons (Fsp3) is 0.440. The molecule has 1 aliphatic heterocycles. The van der Waals surface area contributed by atoms with E-state index in [-0.39, 0.29) is 22.9 Å². The topological polar surface area (TPSA) is 74.8 Å². The maximum absolute atomic E-state index is 13.5. The molecule has 0 radical (unpaired) electrons. The number of aryl methyl sites for hydroxylation is 2.